The summed E-state index contributed by atoms with van der Waals surface area (Å²) in [5.41, 5.74) is 3.40. The van der Waals surface area contributed by atoms with Gasteiger partial charge in [0.25, 0.3) is 11.8 Å². The Balaban J connectivity index is 1.52. The number of nitrogens with zero attached hydrogens (tertiary/aromatic N) is 4. The van der Waals surface area contributed by atoms with Crippen LogP contribution in [0.25, 0.3) is 22.2 Å². The molecule has 0 amide bonds. The molecule has 9 nitrogen and oxygen atoms in total. The highest BCUT2D eigenvalue weighted by atomic mass is 16.5. The number of aromatic nitrogens is 4. The smallest absolute Gasteiger partial charge is 0.344 e. The predicted octanol–water partition coefficient (Wildman–Crippen LogP) is 5.29. The van der Waals surface area contributed by atoms with Gasteiger partial charge in [0.1, 0.15) is 11.3 Å². The zero-order valence-corrected chi connectivity index (χ0v) is 20.7. The molecule has 38 heavy (non-hydrogen) atoms. The summed E-state index contributed by atoms with van der Waals surface area (Å²) in [4.78, 5) is 29.0. The molecule has 0 saturated heterocycles. The molecule has 0 radical (unpaired) electrons. The third kappa shape index (κ3) is 4.69. The van der Waals surface area contributed by atoms with E-state index < -0.39 is 11.9 Å². The fraction of sp³-hybridized carbons (Fsp3) is 0.138. The summed E-state index contributed by atoms with van der Waals surface area (Å²) < 4.78 is 7.34. The number of carboxylic acid groups (broad SMARTS) is 1. The lowest BCUT2D eigenvalue weighted by atomic mass is 9.98. The highest BCUT2D eigenvalue weighted by molar-refractivity contribution is 5.96. The number of esters is 1. The molecule has 0 unspecified atom stereocenters. The van der Waals surface area contributed by atoms with Crippen LogP contribution in [0.1, 0.15) is 51.9 Å². The van der Waals surface area contributed by atoms with Crippen LogP contribution < -0.4 is 4.74 Å². The van der Waals surface area contributed by atoms with Crippen molar-refractivity contribution in [1.29, 1.82) is 0 Å². The van der Waals surface area contributed by atoms with Crippen molar-refractivity contribution in [3.05, 3.63) is 101 Å². The lowest BCUT2D eigenvalue weighted by molar-refractivity contribution is 0.0694. The number of carbonyl (C=O) groups is 2. The van der Waals surface area contributed by atoms with Crippen LogP contribution in [0, 0.1) is 0 Å². The van der Waals surface area contributed by atoms with Gasteiger partial charge in [-0.05, 0) is 34.9 Å². The number of rotatable bonds is 7. The van der Waals surface area contributed by atoms with E-state index in [1.807, 2.05) is 42.7 Å². The minimum absolute atomic E-state index is 0.0267. The second-order valence-electron chi connectivity index (χ2n) is 9.04. The number of hydrogen-bond acceptors (Lipinski definition) is 7. The van der Waals surface area contributed by atoms with Crippen LogP contribution in [0.3, 0.4) is 0 Å². The Morgan fingerprint density at radius 3 is 2.29 bits per heavy atom. The minimum atomic E-state index is -0.989. The number of benzene rings is 3. The molecule has 9 heteroatoms. The summed E-state index contributed by atoms with van der Waals surface area (Å²) in [6.45, 7) is 4.28. The van der Waals surface area contributed by atoms with Gasteiger partial charge in [0.2, 0.25) is 0 Å². The Morgan fingerprint density at radius 1 is 0.921 bits per heavy atom. The van der Waals surface area contributed by atoms with Crippen molar-refractivity contribution in [2.75, 3.05) is 0 Å². The van der Waals surface area contributed by atoms with E-state index in [-0.39, 0.29) is 28.8 Å². The Labute approximate surface area is 218 Å². The van der Waals surface area contributed by atoms with Crippen molar-refractivity contribution in [3.63, 3.8) is 0 Å². The summed E-state index contributed by atoms with van der Waals surface area (Å²) in [5.74, 6) is -1.39. The molecular formula is C29H24N4O5. The second-order valence-corrected chi connectivity index (χ2v) is 9.04. The van der Waals surface area contributed by atoms with Gasteiger partial charge in [-0.2, -0.15) is 0 Å². The number of carboxylic acids is 1. The summed E-state index contributed by atoms with van der Waals surface area (Å²) in [5, 5.41) is 27.9. The maximum Gasteiger partial charge on any atom is 0.344 e. The van der Waals surface area contributed by atoms with E-state index in [0.29, 0.717) is 29.0 Å². The molecule has 190 valence electrons. The number of imidazole rings is 1. The van der Waals surface area contributed by atoms with Crippen molar-refractivity contribution < 1.29 is 24.5 Å². The SMILES string of the molecule is CC(C)c1nc2c(OC(=O)c3ccccc3)nnc(O)c2n1Cc1ccc(-c2ccccc2C(=O)O)cc1. The molecule has 0 spiro atoms. The molecule has 0 aliphatic rings. The highest BCUT2D eigenvalue weighted by Gasteiger charge is 2.24. The molecule has 0 aliphatic carbocycles. The third-order valence-corrected chi connectivity index (χ3v) is 6.13. The first-order chi connectivity index (χ1) is 18.3. The van der Waals surface area contributed by atoms with Crippen LogP contribution in [-0.4, -0.2) is 41.9 Å². The summed E-state index contributed by atoms with van der Waals surface area (Å²) in [6.07, 6.45) is 0. The number of carbonyl (C=O) groups excluding carboxylic acids is 1. The second kappa shape index (κ2) is 10.1. The topological polar surface area (TPSA) is 127 Å². The van der Waals surface area contributed by atoms with E-state index in [9.17, 15) is 19.8 Å². The van der Waals surface area contributed by atoms with Gasteiger partial charge >= 0.3 is 11.9 Å². The van der Waals surface area contributed by atoms with Gasteiger partial charge in [-0.15, -0.1) is 10.2 Å². The van der Waals surface area contributed by atoms with Gasteiger partial charge in [-0.25, -0.2) is 14.6 Å². The zero-order valence-electron chi connectivity index (χ0n) is 20.7. The molecule has 0 atom stereocenters. The van der Waals surface area contributed by atoms with E-state index in [1.165, 1.54) is 0 Å². The molecule has 0 fully saturated rings. The van der Waals surface area contributed by atoms with Crippen molar-refractivity contribution in [2.45, 2.75) is 26.3 Å². The molecule has 2 aromatic heterocycles. The van der Waals surface area contributed by atoms with Crippen LogP contribution in [0.15, 0.2) is 78.9 Å². The van der Waals surface area contributed by atoms with Gasteiger partial charge in [0.15, 0.2) is 5.52 Å². The fourth-order valence-electron chi connectivity index (χ4n) is 4.32. The number of fused-ring (bicyclic) bond motifs is 1. The molecule has 5 aromatic rings. The van der Waals surface area contributed by atoms with Gasteiger partial charge in [-0.1, -0.05) is 74.5 Å². The van der Waals surface area contributed by atoms with E-state index in [2.05, 4.69) is 15.2 Å². The standard InChI is InChI=1S/C29H24N4O5/c1-17(2)25-30-23-24(26(34)31-32-27(23)38-29(37)20-8-4-3-5-9-20)33(25)16-18-12-14-19(15-13-18)21-10-6-7-11-22(21)28(35)36/h3-15,17H,16H2,1-2H3,(H,31,34)(H,35,36). The first kappa shape index (κ1) is 24.6. The van der Waals surface area contributed by atoms with Gasteiger partial charge in [0.05, 0.1) is 11.1 Å². The van der Waals surface area contributed by atoms with Crippen molar-refractivity contribution in [1.82, 2.24) is 19.7 Å². The van der Waals surface area contributed by atoms with E-state index in [4.69, 9.17) is 4.74 Å². The van der Waals surface area contributed by atoms with Crippen LogP contribution in [-0.2, 0) is 6.54 Å². The summed E-state index contributed by atoms with van der Waals surface area (Å²) in [6, 6.07) is 22.9. The first-order valence-electron chi connectivity index (χ1n) is 12.0. The quantitative estimate of drug-likeness (QED) is 0.284. The zero-order chi connectivity index (χ0) is 26.8. The van der Waals surface area contributed by atoms with Crippen molar-refractivity contribution in [3.8, 4) is 22.9 Å². The highest BCUT2D eigenvalue weighted by Crippen LogP contribution is 2.33. The lowest BCUT2D eigenvalue weighted by Crippen LogP contribution is -2.10. The fourth-order valence-corrected chi connectivity index (χ4v) is 4.32. The Bertz CT molecular complexity index is 1640. The predicted molar refractivity (Wildman–Crippen MR) is 140 cm³/mol. The maximum absolute atomic E-state index is 12.7. The van der Waals surface area contributed by atoms with Crippen molar-refractivity contribution in [2.24, 2.45) is 0 Å². The lowest BCUT2D eigenvalue weighted by Gasteiger charge is -2.13. The van der Waals surface area contributed by atoms with Crippen LogP contribution in [0.4, 0.5) is 0 Å². The first-order valence-corrected chi connectivity index (χ1v) is 12.0. The summed E-state index contributed by atoms with van der Waals surface area (Å²) >= 11 is 0. The molecule has 5 rings (SSSR count). The van der Waals surface area contributed by atoms with Gasteiger partial charge < -0.3 is 19.5 Å². The number of aromatic hydroxyl groups is 1. The molecule has 2 N–H and O–H groups in total. The Morgan fingerprint density at radius 2 is 1.61 bits per heavy atom. The van der Waals surface area contributed by atoms with E-state index in [1.54, 1.807) is 54.6 Å². The number of aromatic carboxylic acids is 1. The molecule has 3 aromatic carbocycles. The number of hydrogen-bond donors (Lipinski definition) is 2. The maximum atomic E-state index is 12.7. The summed E-state index contributed by atoms with van der Waals surface area (Å²) in [7, 11) is 0. The van der Waals surface area contributed by atoms with E-state index >= 15 is 0 Å². The van der Waals surface area contributed by atoms with Crippen molar-refractivity contribution >= 4 is 23.0 Å². The molecular weight excluding hydrogens is 484 g/mol. The normalized spacial score (nSPS) is 11.1. The monoisotopic (exact) mass is 508 g/mol. The van der Waals surface area contributed by atoms with E-state index in [0.717, 1.165) is 11.1 Å². The van der Waals surface area contributed by atoms with Gasteiger partial charge in [-0.3, -0.25) is 0 Å². The van der Waals surface area contributed by atoms with Crippen LogP contribution >= 0.6 is 0 Å². The largest absolute Gasteiger partial charge is 0.491 e. The average molecular weight is 509 g/mol. The Kier molecular flexibility index (Phi) is 6.57. The molecule has 0 saturated carbocycles. The molecule has 0 bridgehead atoms. The number of ether oxygens (including phenoxy) is 1. The molecule has 0 aliphatic heterocycles. The molecule has 2 heterocycles. The van der Waals surface area contributed by atoms with Crippen LogP contribution in [0.5, 0.6) is 11.8 Å². The van der Waals surface area contributed by atoms with Crippen LogP contribution in [0.2, 0.25) is 0 Å². The minimum Gasteiger partial charge on any atom is -0.491 e. The average Bonchev–Trinajstić information content (AvgIpc) is 3.31. The Hall–Kier alpha value is -5.05. The van der Waals surface area contributed by atoms with Gasteiger partial charge in [0, 0.05) is 12.5 Å². The third-order valence-electron chi connectivity index (χ3n) is 6.13.